The van der Waals surface area contributed by atoms with Crippen LogP contribution in [0.3, 0.4) is 0 Å². The second-order valence-corrected chi connectivity index (χ2v) is 5.39. The molecule has 0 aliphatic rings. The maximum Gasteiger partial charge on any atom is 0.255 e. The lowest BCUT2D eigenvalue weighted by atomic mass is 10.2. The molecule has 0 aliphatic heterocycles. The van der Waals surface area contributed by atoms with Gasteiger partial charge in [-0.05, 0) is 46.3 Å². The molecule has 19 heavy (non-hydrogen) atoms. The first-order valence-corrected chi connectivity index (χ1v) is 6.95. The third-order valence-corrected chi connectivity index (χ3v) is 3.33. The average Bonchev–Trinajstić information content (AvgIpc) is 2.39. The van der Waals surface area contributed by atoms with Crippen LogP contribution in [0.2, 0.25) is 0 Å². The van der Waals surface area contributed by atoms with E-state index in [2.05, 4.69) is 42.2 Å². The molecule has 0 aliphatic carbocycles. The Morgan fingerprint density at radius 1 is 1.26 bits per heavy atom. The van der Waals surface area contributed by atoms with Gasteiger partial charge in [0.15, 0.2) is 0 Å². The van der Waals surface area contributed by atoms with Crippen molar-refractivity contribution >= 4 is 43.5 Å². The van der Waals surface area contributed by atoms with Gasteiger partial charge in [-0.15, -0.1) is 0 Å². The minimum Gasteiger partial charge on any atom is -0.495 e. The highest BCUT2D eigenvalue weighted by molar-refractivity contribution is 9.10. The molecular weight excluding hydrogens is 376 g/mol. The van der Waals surface area contributed by atoms with Crippen LogP contribution in [-0.2, 0) is 0 Å². The zero-order valence-electron chi connectivity index (χ0n) is 9.98. The third kappa shape index (κ3) is 3.54. The van der Waals surface area contributed by atoms with Crippen LogP contribution in [0.5, 0.6) is 5.75 Å². The predicted octanol–water partition coefficient (Wildman–Crippen LogP) is 3.87. The second-order valence-electron chi connectivity index (χ2n) is 3.67. The molecule has 2 aromatic rings. The molecule has 1 N–H and O–H groups in total. The summed E-state index contributed by atoms with van der Waals surface area (Å²) in [5.41, 5.74) is 1.12. The van der Waals surface area contributed by atoms with Gasteiger partial charge in [0.25, 0.3) is 5.91 Å². The first-order chi connectivity index (χ1) is 9.10. The van der Waals surface area contributed by atoms with Crippen molar-refractivity contribution in [2.24, 2.45) is 0 Å². The Hall–Kier alpha value is -1.40. The van der Waals surface area contributed by atoms with E-state index in [0.717, 1.165) is 4.47 Å². The number of amides is 1. The van der Waals surface area contributed by atoms with Crippen molar-refractivity contribution in [2.45, 2.75) is 0 Å². The largest absolute Gasteiger partial charge is 0.495 e. The number of aromatic nitrogens is 1. The molecule has 98 valence electrons. The number of benzene rings is 1. The quantitative estimate of drug-likeness (QED) is 0.816. The zero-order chi connectivity index (χ0) is 13.8. The normalized spacial score (nSPS) is 10.1. The maximum absolute atomic E-state index is 12.1. The fraction of sp³-hybridized carbons (Fsp3) is 0.0769. The van der Waals surface area contributed by atoms with Gasteiger partial charge in [-0.1, -0.05) is 15.9 Å². The summed E-state index contributed by atoms with van der Waals surface area (Å²) < 4.78 is 6.68. The number of carbonyl (C=O) groups is 1. The van der Waals surface area contributed by atoms with Gasteiger partial charge in [-0.25, -0.2) is 4.98 Å². The number of methoxy groups -OCH3 is 1. The van der Waals surface area contributed by atoms with Gasteiger partial charge >= 0.3 is 0 Å². The van der Waals surface area contributed by atoms with Gasteiger partial charge in [0, 0.05) is 16.2 Å². The minimum atomic E-state index is -0.223. The lowest BCUT2D eigenvalue weighted by molar-refractivity contribution is 0.102. The molecule has 1 amide bonds. The average molecular weight is 386 g/mol. The molecular formula is C13H10Br2N2O2. The van der Waals surface area contributed by atoms with Gasteiger partial charge in [0.2, 0.25) is 0 Å². The Morgan fingerprint density at radius 3 is 2.74 bits per heavy atom. The number of hydrogen-bond donors (Lipinski definition) is 1. The van der Waals surface area contributed by atoms with E-state index in [0.29, 0.717) is 21.6 Å². The van der Waals surface area contributed by atoms with Gasteiger partial charge in [0.05, 0.1) is 12.8 Å². The van der Waals surface area contributed by atoms with Crippen molar-refractivity contribution in [3.63, 3.8) is 0 Å². The van der Waals surface area contributed by atoms with Crippen LogP contribution >= 0.6 is 31.9 Å². The SMILES string of the molecule is COc1ccc(Br)cc1NC(=O)c1ccnc(Br)c1. The molecule has 2 rings (SSSR count). The molecule has 0 atom stereocenters. The Kier molecular flexibility index (Phi) is 4.55. The van der Waals surface area contributed by atoms with Crippen molar-refractivity contribution in [1.29, 1.82) is 0 Å². The smallest absolute Gasteiger partial charge is 0.255 e. The van der Waals surface area contributed by atoms with Crippen LogP contribution in [0, 0.1) is 0 Å². The minimum absolute atomic E-state index is 0.223. The van der Waals surface area contributed by atoms with Crippen molar-refractivity contribution in [3.8, 4) is 5.75 Å². The molecule has 0 saturated carbocycles. The highest BCUT2D eigenvalue weighted by Gasteiger charge is 2.10. The molecule has 1 aromatic carbocycles. The number of nitrogens with zero attached hydrogens (tertiary/aromatic N) is 1. The summed E-state index contributed by atoms with van der Waals surface area (Å²) in [7, 11) is 1.56. The van der Waals surface area contributed by atoms with E-state index in [1.807, 2.05) is 6.07 Å². The molecule has 0 fully saturated rings. The monoisotopic (exact) mass is 384 g/mol. The fourth-order valence-corrected chi connectivity index (χ4v) is 2.24. The van der Waals surface area contributed by atoms with Gasteiger partial charge < -0.3 is 10.1 Å². The molecule has 1 aromatic heterocycles. The fourth-order valence-electron chi connectivity index (χ4n) is 1.52. The van der Waals surface area contributed by atoms with Gasteiger partial charge in [-0.3, -0.25) is 4.79 Å². The summed E-state index contributed by atoms with van der Waals surface area (Å²) in [6, 6.07) is 8.71. The number of carbonyl (C=O) groups excluding carboxylic acids is 1. The Morgan fingerprint density at radius 2 is 2.05 bits per heavy atom. The molecule has 1 heterocycles. The third-order valence-electron chi connectivity index (χ3n) is 2.40. The summed E-state index contributed by atoms with van der Waals surface area (Å²) in [6.07, 6.45) is 1.57. The Bertz CT molecular complexity index is 617. The van der Waals surface area contributed by atoms with Crippen LogP contribution < -0.4 is 10.1 Å². The molecule has 0 radical (unpaired) electrons. The van der Waals surface area contributed by atoms with E-state index in [4.69, 9.17) is 4.74 Å². The van der Waals surface area contributed by atoms with E-state index in [1.54, 1.807) is 37.6 Å². The number of halogens is 2. The van der Waals surface area contributed by atoms with Crippen molar-refractivity contribution < 1.29 is 9.53 Å². The highest BCUT2D eigenvalue weighted by Crippen LogP contribution is 2.28. The molecule has 0 saturated heterocycles. The standard InChI is InChI=1S/C13H10Br2N2O2/c1-19-11-3-2-9(14)7-10(11)17-13(18)8-4-5-16-12(15)6-8/h2-7H,1H3,(H,17,18). The number of hydrogen-bond acceptors (Lipinski definition) is 3. The topological polar surface area (TPSA) is 51.2 Å². The second kappa shape index (κ2) is 6.16. The van der Waals surface area contributed by atoms with E-state index in [9.17, 15) is 4.79 Å². The summed E-state index contributed by atoms with van der Waals surface area (Å²) >= 11 is 6.59. The summed E-state index contributed by atoms with van der Waals surface area (Å²) in [4.78, 5) is 16.1. The summed E-state index contributed by atoms with van der Waals surface area (Å²) in [5, 5.41) is 2.80. The van der Waals surface area contributed by atoms with E-state index >= 15 is 0 Å². The summed E-state index contributed by atoms with van der Waals surface area (Å²) in [5.74, 6) is 0.379. The van der Waals surface area contributed by atoms with Gasteiger partial charge in [-0.2, -0.15) is 0 Å². The highest BCUT2D eigenvalue weighted by atomic mass is 79.9. The number of nitrogens with one attached hydrogen (secondary N) is 1. The Labute approximate surface area is 127 Å². The lowest BCUT2D eigenvalue weighted by Crippen LogP contribution is -2.12. The first-order valence-electron chi connectivity index (χ1n) is 5.36. The number of anilines is 1. The van der Waals surface area contributed by atoms with Crippen LogP contribution in [0.25, 0.3) is 0 Å². The van der Waals surface area contributed by atoms with Crippen LogP contribution in [0.4, 0.5) is 5.69 Å². The van der Waals surface area contributed by atoms with Crippen LogP contribution in [-0.4, -0.2) is 18.0 Å². The van der Waals surface area contributed by atoms with E-state index in [-0.39, 0.29) is 5.91 Å². The molecule has 6 heteroatoms. The number of rotatable bonds is 3. The first kappa shape index (κ1) is 14.0. The lowest BCUT2D eigenvalue weighted by Gasteiger charge is -2.10. The van der Waals surface area contributed by atoms with Gasteiger partial charge in [0.1, 0.15) is 10.4 Å². The van der Waals surface area contributed by atoms with Crippen molar-refractivity contribution in [1.82, 2.24) is 4.98 Å². The molecule has 4 nitrogen and oxygen atoms in total. The van der Waals surface area contributed by atoms with E-state index in [1.165, 1.54) is 0 Å². The zero-order valence-corrected chi connectivity index (χ0v) is 13.2. The predicted molar refractivity (Wildman–Crippen MR) is 80.6 cm³/mol. The van der Waals surface area contributed by atoms with Crippen molar-refractivity contribution in [3.05, 3.63) is 51.2 Å². The van der Waals surface area contributed by atoms with Crippen LogP contribution in [0.1, 0.15) is 10.4 Å². The number of pyridine rings is 1. The molecule has 0 bridgehead atoms. The van der Waals surface area contributed by atoms with Crippen molar-refractivity contribution in [2.75, 3.05) is 12.4 Å². The number of ether oxygens (including phenoxy) is 1. The van der Waals surface area contributed by atoms with Crippen LogP contribution in [0.15, 0.2) is 45.6 Å². The molecule has 0 unspecified atom stereocenters. The maximum atomic E-state index is 12.1. The summed E-state index contributed by atoms with van der Waals surface area (Å²) in [6.45, 7) is 0. The molecule has 0 spiro atoms. The van der Waals surface area contributed by atoms with E-state index < -0.39 is 0 Å². The Balaban J connectivity index is 2.26.